The fourth-order valence-electron chi connectivity index (χ4n) is 2.89. The van der Waals surface area contributed by atoms with Crippen molar-refractivity contribution in [2.24, 2.45) is 5.92 Å². The van der Waals surface area contributed by atoms with Gasteiger partial charge < -0.3 is 19.7 Å². The van der Waals surface area contributed by atoms with Gasteiger partial charge in [0.1, 0.15) is 11.5 Å². The molecule has 1 amide bonds. The van der Waals surface area contributed by atoms with Gasteiger partial charge in [-0.15, -0.1) is 0 Å². The molecule has 1 aromatic rings. The van der Waals surface area contributed by atoms with Gasteiger partial charge in [0.05, 0.1) is 14.2 Å². The lowest BCUT2D eigenvalue weighted by Gasteiger charge is -2.32. The molecule has 0 aliphatic carbocycles. The molecule has 5 heteroatoms. The third-order valence-corrected chi connectivity index (χ3v) is 4.30. The number of likely N-dealkylation sites (tertiary alicyclic amines) is 1. The number of piperidine rings is 1. The normalized spacial score (nSPS) is 15.7. The van der Waals surface area contributed by atoms with E-state index in [0.717, 1.165) is 38.4 Å². The number of carbonyl (C=O) groups excluding carboxylic acids is 1. The van der Waals surface area contributed by atoms with E-state index in [1.54, 1.807) is 32.4 Å². The Bertz CT molecular complexity index is 474. The van der Waals surface area contributed by atoms with Gasteiger partial charge in [0.25, 0.3) is 5.91 Å². The summed E-state index contributed by atoms with van der Waals surface area (Å²) >= 11 is 0. The molecule has 5 nitrogen and oxygen atoms in total. The average Bonchev–Trinajstić information content (AvgIpc) is 2.59. The number of hydrogen-bond donors (Lipinski definition) is 1. The second-order valence-electron chi connectivity index (χ2n) is 5.73. The van der Waals surface area contributed by atoms with Crippen LogP contribution in [-0.4, -0.2) is 51.7 Å². The van der Waals surface area contributed by atoms with E-state index in [4.69, 9.17) is 9.47 Å². The van der Waals surface area contributed by atoms with Gasteiger partial charge in [-0.05, 0) is 50.9 Å². The van der Waals surface area contributed by atoms with E-state index in [0.29, 0.717) is 17.1 Å². The fourth-order valence-corrected chi connectivity index (χ4v) is 2.89. The summed E-state index contributed by atoms with van der Waals surface area (Å²) in [5.41, 5.74) is 0.630. The molecule has 2 rings (SSSR count). The summed E-state index contributed by atoms with van der Waals surface area (Å²) in [7, 11) is 5.17. The minimum Gasteiger partial charge on any atom is -0.497 e. The molecule has 122 valence electrons. The highest BCUT2D eigenvalue weighted by Crippen LogP contribution is 2.26. The standard InChI is InChI=1S/C17H26N2O3/c1-18-7-4-13-5-8-19(9-6-13)17(20)14-10-15(21-2)12-16(11-14)22-3/h10-13,18H,4-9H2,1-3H3. The Balaban J connectivity index is 2.00. The Morgan fingerprint density at radius 2 is 1.77 bits per heavy atom. The van der Waals surface area contributed by atoms with Crippen LogP contribution in [-0.2, 0) is 0 Å². The van der Waals surface area contributed by atoms with Gasteiger partial charge in [-0.25, -0.2) is 0 Å². The van der Waals surface area contributed by atoms with Crippen LogP contribution in [0.25, 0.3) is 0 Å². The van der Waals surface area contributed by atoms with Gasteiger partial charge in [-0.1, -0.05) is 0 Å². The smallest absolute Gasteiger partial charge is 0.254 e. The predicted octanol–water partition coefficient (Wildman–Crippen LogP) is 2.17. The van der Waals surface area contributed by atoms with Gasteiger partial charge in [0, 0.05) is 24.7 Å². The summed E-state index contributed by atoms with van der Waals surface area (Å²) < 4.78 is 10.5. The van der Waals surface area contributed by atoms with Gasteiger partial charge >= 0.3 is 0 Å². The van der Waals surface area contributed by atoms with E-state index in [1.165, 1.54) is 6.42 Å². The topological polar surface area (TPSA) is 50.8 Å². The van der Waals surface area contributed by atoms with Crippen LogP contribution in [0.1, 0.15) is 29.6 Å². The summed E-state index contributed by atoms with van der Waals surface area (Å²) in [5.74, 6) is 2.07. The molecule has 0 saturated carbocycles. The largest absolute Gasteiger partial charge is 0.497 e. The van der Waals surface area contributed by atoms with E-state index in [-0.39, 0.29) is 5.91 Å². The van der Waals surface area contributed by atoms with Crippen molar-refractivity contribution < 1.29 is 14.3 Å². The van der Waals surface area contributed by atoms with Crippen molar-refractivity contribution in [1.82, 2.24) is 10.2 Å². The van der Waals surface area contributed by atoms with Crippen molar-refractivity contribution in [3.8, 4) is 11.5 Å². The summed E-state index contributed by atoms with van der Waals surface area (Å²) in [6.07, 6.45) is 3.34. The highest BCUT2D eigenvalue weighted by molar-refractivity contribution is 5.95. The van der Waals surface area contributed by atoms with Crippen LogP contribution < -0.4 is 14.8 Å². The molecule has 1 saturated heterocycles. The second-order valence-corrected chi connectivity index (χ2v) is 5.73. The highest BCUT2D eigenvalue weighted by atomic mass is 16.5. The van der Waals surface area contributed by atoms with Crippen molar-refractivity contribution in [3.63, 3.8) is 0 Å². The van der Waals surface area contributed by atoms with Crippen molar-refractivity contribution in [3.05, 3.63) is 23.8 Å². The summed E-state index contributed by atoms with van der Waals surface area (Å²) in [5, 5.41) is 3.19. The number of nitrogens with one attached hydrogen (secondary N) is 1. The molecule has 0 spiro atoms. The molecule has 0 atom stereocenters. The van der Waals surface area contributed by atoms with Gasteiger partial charge in [-0.3, -0.25) is 4.79 Å². The van der Waals surface area contributed by atoms with E-state index in [1.807, 2.05) is 11.9 Å². The number of carbonyl (C=O) groups is 1. The van der Waals surface area contributed by atoms with Crippen molar-refractivity contribution in [2.75, 3.05) is 40.9 Å². The number of nitrogens with zero attached hydrogens (tertiary/aromatic N) is 1. The zero-order valence-corrected chi connectivity index (χ0v) is 13.7. The number of rotatable bonds is 6. The zero-order chi connectivity index (χ0) is 15.9. The molecular weight excluding hydrogens is 280 g/mol. The lowest BCUT2D eigenvalue weighted by Crippen LogP contribution is -2.39. The van der Waals surface area contributed by atoms with E-state index < -0.39 is 0 Å². The SMILES string of the molecule is CNCCC1CCN(C(=O)c2cc(OC)cc(OC)c2)CC1. The van der Waals surface area contributed by atoms with Crippen LogP contribution in [0.2, 0.25) is 0 Å². The Morgan fingerprint density at radius 1 is 1.18 bits per heavy atom. The van der Waals surface area contributed by atoms with Gasteiger partial charge in [0.15, 0.2) is 0 Å². The van der Waals surface area contributed by atoms with Crippen molar-refractivity contribution in [1.29, 1.82) is 0 Å². The lowest BCUT2D eigenvalue weighted by atomic mass is 9.93. The Hall–Kier alpha value is -1.75. The number of methoxy groups -OCH3 is 2. The maximum absolute atomic E-state index is 12.7. The molecule has 22 heavy (non-hydrogen) atoms. The zero-order valence-electron chi connectivity index (χ0n) is 13.7. The van der Waals surface area contributed by atoms with Crippen LogP contribution >= 0.6 is 0 Å². The summed E-state index contributed by atoms with van der Waals surface area (Å²) in [6.45, 7) is 2.70. The third kappa shape index (κ3) is 4.13. The molecule has 1 heterocycles. The molecule has 0 unspecified atom stereocenters. The Morgan fingerprint density at radius 3 is 2.27 bits per heavy atom. The molecule has 1 aliphatic heterocycles. The minimum atomic E-state index is 0.0595. The van der Waals surface area contributed by atoms with E-state index in [9.17, 15) is 4.79 Å². The number of ether oxygens (including phenoxy) is 2. The first-order chi connectivity index (χ1) is 10.7. The van der Waals surface area contributed by atoms with E-state index >= 15 is 0 Å². The molecule has 0 bridgehead atoms. The quantitative estimate of drug-likeness (QED) is 0.875. The number of hydrogen-bond acceptors (Lipinski definition) is 4. The van der Waals surface area contributed by atoms with Crippen LogP contribution in [0, 0.1) is 5.92 Å². The monoisotopic (exact) mass is 306 g/mol. The Labute approximate surface area is 132 Å². The molecular formula is C17H26N2O3. The number of benzene rings is 1. The van der Waals surface area contributed by atoms with E-state index in [2.05, 4.69) is 5.32 Å². The number of amides is 1. The molecule has 0 radical (unpaired) electrons. The van der Waals surface area contributed by atoms with Crippen LogP contribution in [0.3, 0.4) is 0 Å². The van der Waals surface area contributed by atoms with Crippen molar-refractivity contribution >= 4 is 5.91 Å². The molecule has 1 aromatic carbocycles. The fraction of sp³-hybridized carbons (Fsp3) is 0.588. The third-order valence-electron chi connectivity index (χ3n) is 4.30. The molecule has 1 fully saturated rings. The van der Waals surface area contributed by atoms with Crippen molar-refractivity contribution in [2.45, 2.75) is 19.3 Å². The van der Waals surface area contributed by atoms with Crippen LogP contribution in [0.15, 0.2) is 18.2 Å². The van der Waals surface area contributed by atoms with Crippen LogP contribution in [0.5, 0.6) is 11.5 Å². The first kappa shape index (κ1) is 16.6. The maximum atomic E-state index is 12.7. The lowest BCUT2D eigenvalue weighted by molar-refractivity contribution is 0.0686. The molecule has 1 aliphatic rings. The Kier molecular flexibility index (Phi) is 6.07. The molecule has 0 aromatic heterocycles. The maximum Gasteiger partial charge on any atom is 0.254 e. The summed E-state index contributed by atoms with van der Waals surface area (Å²) in [6, 6.07) is 5.33. The van der Waals surface area contributed by atoms with Crippen LogP contribution in [0.4, 0.5) is 0 Å². The second kappa shape index (κ2) is 8.03. The first-order valence-electron chi connectivity index (χ1n) is 7.85. The minimum absolute atomic E-state index is 0.0595. The average molecular weight is 306 g/mol. The van der Waals surface area contributed by atoms with Gasteiger partial charge in [0.2, 0.25) is 0 Å². The highest BCUT2D eigenvalue weighted by Gasteiger charge is 2.24. The first-order valence-corrected chi connectivity index (χ1v) is 7.85. The molecule has 1 N–H and O–H groups in total. The predicted molar refractivity (Wildman–Crippen MR) is 86.7 cm³/mol. The van der Waals surface area contributed by atoms with Gasteiger partial charge in [-0.2, -0.15) is 0 Å². The summed E-state index contributed by atoms with van der Waals surface area (Å²) in [4.78, 5) is 14.6.